The average Bonchev–Trinajstić information content (AvgIpc) is 3.37. The molecule has 180 valence electrons. The normalized spacial score (nSPS) is 14.4. The molecule has 1 aliphatic rings. The first-order chi connectivity index (χ1) is 16.7. The van der Waals surface area contributed by atoms with Gasteiger partial charge < -0.3 is 23.4 Å². The number of likely N-dealkylation sites (tertiary alicyclic amines) is 1. The summed E-state index contributed by atoms with van der Waals surface area (Å²) in [6.45, 7) is 3.33. The number of ketones is 1. The van der Waals surface area contributed by atoms with E-state index in [-0.39, 0.29) is 5.78 Å². The highest BCUT2D eigenvalue weighted by atomic mass is 16.5. The van der Waals surface area contributed by atoms with Crippen LogP contribution in [0.15, 0.2) is 47.1 Å². The standard InChI is InChI=1S/C27H31NO6/c1-30-20-10-7-19(8-11-20)9-12-22(29)23-24(31-2)21-13-17-33-25(21)27(32-3)26(23)34-18-16-28-14-5-4-6-15-28/h7-13,17H,4-6,14-16,18H2,1-3H3/b12-9-. The second-order valence-electron chi connectivity index (χ2n) is 8.16. The van der Waals surface area contributed by atoms with Gasteiger partial charge in [-0.15, -0.1) is 0 Å². The van der Waals surface area contributed by atoms with Crippen LogP contribution in [0.25, 0.3) is 17.0 Å². The molecule has 34 heavy (non-hydrogen) atoms. The monoisotopic (exact) mass is 465 g/mol. The van der Waals surface area contributed by atoms with Crippen molar-refractivity contribution >= 4 is 22.8 Å². The maximum Gasteiger partial charge on any atom is 0.205 e. The van der Waals surface area contributed by atoms with Crippen LogP contribution in [0.1, 0.15) is 35.2 Å². The highest BCUT2D eigenvalue weighted by Gasteiger charge is 2.28. The molecular formula is C27H31NO6. The van der Waals surface area contributed by atoms with Crippen LogP contribution in [0.2, 0.25) is 0 Å². The van der Waals surface area contributed by atoms with Crippen LogP contribution in [0.5, 0.6) is 23.0 Å². The molecule has 0 unspecified atom stereocenters. The molecule has 0 spiro atoms. The smallest absolute Gasteiger partial charge is 0.205 e. The topological polar surface area (TPSA) is 70.4 Å². The number of allylic oxidation sites excluding steroid dienone is 1. The zero-order chi connectivity index (χ0) is 23.9. The number of fused-ring (bicyclic) bond motifs is 1. The van der Waals surface area contributed by atoms with Crippen LogP contribution in [-0.2, 0) is 0 Å². The summed E-state index contributed by atoms with van der Waals surface area (Å²) in [5, 5.41) is 0.656. The molecule has 1 saturated heterocycles. The van der Waals surface area contributed by atoms with E-state index in [1.54, 1.807) is 32.6 Å². The number of furan rings is 1. The van der Waals surface area contributed by atoms with Gasteiger partial charge in [-0.05, 0) is 55.8 Å². The second kappa shape index (κ2) is 11.1. The molecule has 1 aromatic heterocycles. The lowest BCUT2D eigenvalue weighted by atomic mass is 10.0. The number of carbonyl (C=O) groups excluding carboxylic acids is 1. The van der Waals surface area contributed by atoms with Gasteiger partial charge >= 0.3 is 0 Å². The van der Waals surface area contributed by atoms with Gasteiger partial charge in [0.1, 0.15) is 23.7 Å². The van der Waals surface area contributed by atoms with E-state index in [1.807, 2.05) is 24.3 Å². The summed E-state index contributed by atoms with van der Waals surface area (Å²) in [6, 6.07) is 9.23. The third-order valence-electron chi connectivity index (χ3n) is 6.08. The molecule has 0 atom stereocenters. The van der Waals surface area contributed by atoms with E-state index in [9.17, 15) is 4.79 Å². The minimum atomic E-state index is -0.248. The Morgan fingerprint density at radius 1 is 0.941 bits per heavy atom. The van der Waals surface area contributed by atoms with Crippen molar-refractivity contribution < 1.29 is 28.2 Å². The number of benzene rings is 2. The molecule has 2 heterocycles. The van der Waals surface area contributed by atoms with Gasteiger partial charge in [-0.3, -0.25) is 9.69 Å². The highest BCUT2D eigenvalue weighted by molar-refractivity contribution is 6.15. The summed E-state index contributed by atoms with van der Waals surface area (Å²) in [7, 11) is 4.70. The fourth-order valence-corrected chi connectivity index (χ4v) is 4.31. The zero-order valence-corrected chi connectivity index (χ0v) is 20.0. The van der Waals surface area contributed by atoms with Crippen LogP contribution >= 0.6 is 0 Å². The Morgan fingerprint density at radius 2 is 1.68 bits per heavy atom. The molecule has 0 amide bonds. The lowest BCUT2D eigenvalue weighted by Gasteiger charge is -2.26. The third kappa shape index (κ3) is 5.04. The van der Waals surface area contributed by atoms with Gasteiger partial charge in [-0.1, -0.05) is 24.6 Å². The molecule has 2 aromatic carbocycles. The molecule has 0 bridgehead atoms. The average molecular weight is 466 g/mol. The molecule has 0 N–H and O–H groups in total. The largest absolute Gasteiger partial charge is 0.497 e. The van der Waals surface area contributed by atoms with Gasteiger partial charge in [0.15, 0.2) is 17.1 Å². The SMILES string of the molecule is COc1ccc(/C=C\C(=O)c2c(OCCN3CCCCC3)c(OC)c3occc3c2OC)cc1. The fraction of sp³-hybridized carbons (Fsp3) is 0.370. The molecule has 1 fully saturated rings. The Kier molecular flexibility index (Phi) is 7.75. The fourth-order valence-electron chi connectivity index (χ4n) is 4.31. The Hall–Kier alpha value is -3.45. The lowest BCUT2D eigenvalue weighted by Crippen LogP contribution is -2.33. The number of methoxy groups -OCH3 is 3. The highest BCUT2D eigenvalue weighted by Crippen LogP contribution is 2.46. The van der Waals surface area contributed by atoms with Crippen molar-refractivity contribution in [1.29, 1.82) is 0 Å². The number of rotatable bonds is 10. The van der Waals surface area contributed by atoms with Crippen molar-refractivity contribution in [2.24, 2.45) is 0 Å². The maximum atomic E-state index is 13.5. The summed E-state index contributed by atoms with van der Waals surface area (Å²) in [6.07, 6.45) is 8.50. The van der Waals surface area contributed by atoms with E-state index in [1.165, 1.54) is 32.4 Å². The maximum absolute atomic E-state index is 13.5. The predicted octanol–water partition coefficient (Wildman–Crippen LogP) is 5.22. The van der Waals surface area contributed by atoms with E-state index in [0.717, 1.165) is 30.9 Å². The van der Waals surface area contributed by atoms with Crippen LogP contribution in [0.4, 0.5) is 0 Å². The summed E-state index contributed by atoms with van der Waals surface area (Å²) in [4.78, 5) is 15.9. The number of piperidine rings is 1. The molecule has 7 heteroatoms. The first-order valence-corrected chi connectivity index (χ1v) is 11.5. The predicted molar refractivity (Wildman–Crippen MR) is 131 cm³/mol. The lowest BCUT2D eigenvalue weighted by molar-refractivity contribution is 0.103. The van der Waals surface area contributed by atoms with Gasteiger partial charge in [-0.25, -0.2) is 0 Å². The molecule has 7 nitrogen and oxygen atoms in total. The van der Waals surface area contributed by atoms with Gasteiger partial charge in [0, 0.05) is 6.54 Å². The van der Waals surface area contributed by atoms with Crippen molar-refractivity contribution in [1.82, 2.24) is 4.90 Å². The van der Waals surface area contributed by atoms with Crippen molar-refractivity contribution in [3.63, 3.8) is 0 Å². The van der Waals surface area contributed by atoms with E-state index in [4.69, 9.17) is 23.4 Å². The van der Waals surface area contributed by atoms with E-state index in [0.29, 0.717) is 40.4 Å². The Bertz CT molecular complexity index is 1140. The van der Waals surface area contributed by atoms with Crippen molar-refractivity contribution in [2.75, 3.05) is 47.6 Å². The van der Waals surface area contributed by atoms with Crippen molar-refractivity contribution in [3.8, 4) is 23.0 Å². The van der Waals surface area contributed by atoms with Crippen molar-refractivity contribution in [3.05, 3.63) is 53.8 Å². The van der Waals surface area contributed by atoms with Crippen molar-refractivity contribution in [2.45, 2.75) is 19.3 Å². The first kappa shape index (κ1) is 23.7. The molecule has 1 aliphatic heterocycles. The number of hydrogen-bond acceptors (Lipinski definition) is 7. The molecule has 4 rings (SSSR count). The number of hydrogen-bond donors (Lipinski definition) is 0. The van der Waals surface area contributed by atoms with Gasteiger partial charge in [-0.2, -0.15) is 0 Å². The number of carbonyl (C=O) groups is 1. The summed E-state index contributed by atoms with van der Waals surface area (Å²) in [5.41, 5.74) is 1.68. The summed E-state index contributed by atoms with van der Waals surface area (Å²) < 4.78 is 28.4. The van der Waals surface area contributed by atoms with Gasteiger partial charge in [0.2, 0.25) is 5.75 Å². The Morgan fingerprint density at radius 3 is 2.35 bits per heavy atom. The molecule has 0 radical (unpaired) electrons. The quantitative estimate of drug-likeness (QED) is 0.300. The Balaban J connectivity index is 1.67. The Labute approximate surface area is 199 Å². The van der Waals surface area contributed by atoms with Gasteiger partial charge in [0.05, 0.1) is 33.0 Å². The summed E-state index contributed by atoms with van der Waals surface area (Å²) >= 11 is 0. The molecule has 3 aromatic rings. The third-order valence-corrected chi connectivity index (χ3v) is 6.08. The number of nitrogens with zero attached hydrogens (tertiary/aromatic N) is 1. The van der Waals surface area contributed by atoms with Crippen LogP contribution in [-0.4, -0.2) is 58.3 Å². The molecular weight excluding hydrogens is 434 g/mol. The van der Waals surface area contributed by atoms with Crippen LogP contribution in [0, 0.1) is 0 Å². The molecule has 0 saturated carbocycles. The minimum absolute atomic E-state index is 0.248. The van der Waals surface area contributed by atoms with E-state index >= 15 is 0 Å². The molecule has 0 aliphatic carbocycles. The van der Waals surface area contributed by atoms with E-state index in [2.05, 4.69) is 4.90 Å². The zero-order valence-electron chi connectivity index (χ0n) is 20.0. The summed E-state index contributed by atoms with van der Waals surface area (Å²) in [5.74, 6) is 1.64. The van der Waals surface area contributed by atoms with Crippen LogP contribution in [0.3, 0.4) is 0 Å². The second-order valence-corrected chi connectivity index (χ2v) is 8.16. The van der Waals surface area contributed by atoms with E-state index < -0.39 is 0 Å². The first-order valence-electron chi connectivity index (χ1n) is 11.5. The van der Waals surface area contributed by atoms with Crippen LogP contribution < -0.4 is 18.9 Å². The van der Waals surface area contributed by atoms with Gasteiger partial charge in [0.25, 0.3) is 0 Å². The number of ether oxygens (including phenoxy) is 4. The minimum Gasteiger partial charge on any atom is -0.497 e.